The summed E-state index contributed by atoms with van der Waals surface area (Å²) >= 11 is 1.68. The number of hydrogen-bond acceptors (Lipinski definition) is 5. The van der Waals surface area contributed by atoms with E-state index >= 15 is 0 Å². The fourth-order valence-corrected chi connectivity index (χ4v) is 3.54. The van der Waals surface area contributed by atoms with Crippen molar-refractivity contribution < 1.29 is 14.3 Å². The van der Waals surface area contributed by atoms with Crippen LogP contribution < -0.4 is 0 Å². The lowest BCUT2D eigenvalue weighted by Crippen LogP contribution is -2.43. The second-order valence-electron chi connectivity index (χ2n) is 6.79. The third kappa shape index (κ3) is 3.30. The molecule has 1 aliphatic rings. The molecule has 0 N–H and O–H groups in total. The van der Waals surface area contributed by atoms with E-state index in [4.69, 9.17) is 9.47 Å². The molecule has 5 nitrogen and oxygen atoms in total. The van der Waals surface area contributed by atoms with Crippen molar-refractivity contribution in [2.24, 2.45) is 0 Å². The Labute approximate surface area is 146 Å². The van der Waals surface area contributed by atoms with Gasteiger partial charge in [-0.3, -0.25) is 4.98 Å². The average molecular weight is 346 g/mol. The molecule has 128 valence electrons. The maximum atomic E-state index is 12.5. The molecular formula is C18H22N2O3S. The number of hydrogen-bond donors (Lipinski definition) is 0. The summed E-state index contributed by atoms with van der Waals surface area (Å²) < 4.78 is 11.5. The standard InChI is InChI=1S/C18H22N2O3S/c1-18(2,3)20(4)17(21)23-16-15-13(12-6-5-8-19-10-12)11-24-14(15)7-9-22-16/h5-6,8,10-11,16H,7,9H2,1-4H3. The quantitative estimate of drug-likeness (QED) is 0.816. The summed E-state index contributed by atoms with van der Waals surface area (Å²) in [6, 6.07) is 3.90. The predicted molar refractivity (Wildman–Crippen MR) is 93.9 cm³/mol. The monoisotopic (exact) mass is 346 g/mol. The molecule has 0 aromatic carbocycles. The van der Waals surface area contributed by atoms with Gasteiger partial charge in [0.05, 0.1) is 6.61 Å². The first-order valence-corrected chi connectivity index (χ1v) is 8.82. The van der Waals surface area contributed by atoms with E-state index in [1.165, 1.54) is 4.88 Å². The van der Waals surface area contributed by atoms with E-state index in [0.717, 1.165) is 23.1 Å². The van der Waals surface area contributed by atoms with Crippen LogP contribution in [-0.4, -0.2) is 35.2 Å². The van der Waals surface area contributed by atoms with Crippen molar-refractivity contribution in [3.8, 4) is 11.1 Å². The zero-order chi connectivity index (χ0) is 17.3. The molecule has 0 saturated carbocycles. The van der Waals surface area contributed by atoms with E-state index in [1.807, 2.05) is 39.1 Å². The number of nitrogens with zero attached hydrogens (tertiary/aromatic N) is 2. The fourth-order valence-electron chi connectivity index (χ4n) is 2.48. The number of pyridine rings is 1. The first kappa shape index (κ1) is 16.9. The Morgan fingerprint density at radius 2 is 2.25 bits per heavy atom. The van der Waals surface area contributed by atoms with Crippen LogP contribution in [0.25, 0.3) is 11.1 Å². The van der Waals surface area contributed by atoms with Crippen LogP contribution >= 0.6 is 11.3 Å². The SMILES string of the molecule is CN(C(=O)OC1OCCc2scc(-c3cccnc3)c21)C(C)(C)C. The molecule has 1 amide bonds. The maximum absolute atomic E-state index is 12.5. The Morgan fingerprint density at radius 1 is 1.46 bits per heavy atom. The minimum Gasteiger partial charge on any atom is -0.415 e. The van der Waals surface area contributed by atoms with Gasteiger partial charge in [0.25, 0.3) is 0 Å². The first-order valence-electron chi connectivity index (χ1n) is 7.94. The molecule has 0 aliphatic carbocycles. The average Bonchev–Trinajstić information content (AvgIpc) is 2.99. The number of thiophene rings is 1. The highest BCUT2D eigenvalue weighted by Crippen LogP contribution is 2.40. The fraction of sp³-hybridized carbons (Fsp3) is 0.444. The number of aromatic nitrogens is 1. The summed E-state index contributed by atoms with van der Waals surface area (Å²) in [6.07, 6.45) is 3.34. The van der Waals surface area contributed by atoms with Gasteiger partial charge in [0.1, 0.15) is 0 Å². The van der Waals surface area contributed by atoms with Crippen molar-refractivity contribution in [1.29, 1.82) is 0 Å². The Kier molecular flexibility index (Phi) is 4.60. The largest absolute Gasteiger partial charge is 0.415 e. The third-order valence-corrected chi connectivity index (χ3v) is 5.27. The molecule has 0 saturated heterocycles. The summed E-state index contributed by atoms with van der Waals surface area (Å²) in [4.78, 5) is 19.4. The van der Waals surface area contributed by atoms with Crippen LogP contribution in [0.3, 0.4) is 0 Å². The molecule has 1 aliphatic heterocycles. The maximum Gasteiger partial charge on any atom is 0.412 e. The lowest BCUT2D eigenvalue weighted by molar-refractivity contribution is -0.123. The molecule has 2 aromatic heterocycles. The van der Waals surface area contributed by atoms with E-state index in [9.17, 15) is 4.79 Å². The van der Waals surface area contributed by atoms with Gasteiger partial charge in [-0.05, 0) is 32.2 Å². The Morgan fingerprint density at radius 3 is 2.92 bits per heavy atom. The summed E-state index contributed by atoms with van der Waals surface area (Å²) in [5, 5.41) is 2.09. The molecule has 0 radical (unpaired) electrons. The normalized spacial score (nSPS) is 17.2. The van der Waals surface area contributed by atoms with Crippen LogP contribution in [0.15, 0.2) is 29.9 Å². The van der Waals surface area contributed by atoms with Gasteiger partial charge in [-0.2, -0.15) is 0 Å². The minimum atomic E-state index is -0.674. The van der Waals surface area contributed by atoms with Gasteiger partial charge in [-0.1, -0.05) is 6.07 Å². The van der Waals surface area contributed by atoms with E-state index in [0.29, 0.717) is 6.61 Å². The lowest BCUT2D eigenvalue weighted by Gasteiger charge is -2.33. The smallest absolute Gasteiger partial charge is 0.412 e. The molecular weight excluding hydrogens is 324 g/mol. The van der Waals surface area contributed by atoms with Gasteiger partial charge in [-0.25, -0.2) is 4.79 Å². The summed E-state index contributed by atoms with van der Waals surface area (Å²) in [5.74, 6) is 0. The predicted octanol–water partition coefficient (Wildman–Crippen LogP) is 4.25. The Bertz CT molecular complexity index is 722. The minimum absolute atomic E-state index is 0.310. The van der Waals surface area contributed by atoms with Crippen LogP contribution in [-0.2, 0) is 15.9 Å². The van der Waals surface area contributed by atoms with Crippen LogP contribution in [0.5, 0.6) is 0 Å². The van der Waals surface area contributed by atoms with Gasteiger partial charge in [0.15, 0.2) is 0 Å². The van der Waals surface area contributed by atoms with Crippen molar-refractivity contribution in [2.45, 2.75) is 39.0 Å². The highest BCUT2D eigenvalue weighted by Gasteiger charge is 2.32. The molecule has 3 rings (SSSR count). The Balaban J connectivity index is 1.89. The van der Waals surface area contributed by atoms with Gasteiger partial charge in [0, 0.05) is 53.0 Å². The van der Waals surface area contributed by atoms with Crippen molar-refractivity contribution in [1.82, 2.24) is 9.88 Å². The summed E-state index contributed by atoms with van der Waals surface area (Å²) in [5.41, 5.74) is 2.68. The third-order valence-electron chi connectivity index (χ3n) is 4.20. The molecule has 1 unspecified atom stereocenters. The van der Waals surface area contributed by atoms with Gasteiger partial charge in [0.2, 0.25) is 6.29 Å². The summed E-state index contributed by atoms with van der Waals surface area (Å²) in [6.45, 7) is 6.45. The van der Waals surface area contributed by atoms with Crippen molar-refractivity contribution in [3.05, 3.63) is 40.3 Å². The van der Waals surface area contributed by atoms with Crippen LogP contribution in [0.4, 0.5) is 4.79 Å². The second kappa shape index (κ2) is 6.53. The topological polar surface area (TPSA) is 51.7 Å². The highest BCUT2D eigenvalue weighted by atomic mass is 32.1. The zero-order valence-corrected chi connectivity index (χ0v) is 15.2. The second-order valence-corrected chi connectivity index (χ2v) is 7.76. The molecule has 0 spiro atoms. The number of carbonyl (C=O) groups excluding carboxylic acids is 1. The number of amides is 1. The van der Waals surface area contributed by atoms with Crippen molar-refractivity contribution >= 4 is 17.4 Å². The molecule has 0 bridgehead atoms. The Hall–Kier alpha value is -1.92. The molecule has 0 fully saturated rings. The zero-order valence-electron chi connectivity index (χ0n) is 14.4. The van der Waals surface area contributed by atoms with Crippen LogP contribution in [0.1, 0.15) is 37.5 Å². The molecule has 2 aromatic rings. The summed E-state index contributed by atoms with van der Waals surface area (Å²) in [7, 11) is 1.74. The van der Waals surface area contributed by atoms with Crippen LogP contribution in [0, 0.1) is 0 Å². The van der Waals surface area contributed by atoms with Gasteiger partial charge < -0.3 is 14.4 Å². The molecule has 1 atom stereocenters. The van der Waals surface area contributed by atoms with E-state index in [1.54, 1.807) is 29.5 Å². The first-order chi connectivity index (χ1) is 11.4. The number of carbonyl (C=O) groups is 1. The van der Waals surface area contributed by atoms with E-state index in [2.05, 4.69) is 10.4 Å². The van der Waals surface area contributed by atoms with E-state index in [-0.39, 0.29) is 11.6 Å². The van der Waals surface area contributed by atoms with Crippen molar-refractivity contribution in [3.63, 3.8) is 0 Å². The van der Waals surface area contributed by atoms with Gasteiger partial charge >= 0.3 is 6.09 Å². The molecule has 24 heavy (non-hydrogen) atoms. The lowest BCUT2D eigenvalue weighted by atomic mass is 10.0. The highest BCUT2D eigenvalue weighted by molar-refractivity contribution is 7.10. The molecule has 3 heterocycles. The van der Waals surface area contributed by atoms with Gasteiger partial charge in [-0.15, -0.1) is 11.3 Å². The van der Waals surface area contributed by atoms with E-state index < -0.39 is 6.29 Å². The number of fused-ring (bicyclic) bond motifs is 1. The number of ether oxygens (including phenoxy) is 2. The van der Waals surface area contributed by atoms with Crippen molar-refractivity contribution in [2.75, 3.05) is 13.7 Å². The molecule has 6 heteroatoms. The number of rotatable bonds is 2. The van der Waals surface area contributed by atoms with Crippen LogP contribution in [0.2, 0.25) is 0 Å².